The smallest absolute Gasteiger partial charge is 0.0226 e. The Morgan fingerprint density at radius 1 is 0.733 bits per heavy atom. The monoisotopic (exact) mass is 212 g/mol. The fraction of sp³-hybridized carbons (Fsp3) is 1.00. The van der Waals surface area contributed by atoms with Crippen molar-refractivity contribution in [2.24, 2.45) is 0 Å². The van der Waals surface area contributed by atoms with E-state index in [0.717, 1.165) is 0 Å². The van der Waals surface area contributed by atoms with Gasteiger partial charge in [0.15, 0.2) is 0 Å². The molecule has 90 valence electrons. The van der Waals surface area contributed by atoms with Crippen molar-refractivity contribution in [1.29, 1.82) is 0 Å². The number of hydrogen-bond acceptors (Lipinski definition) is 2. The van der Waals surface area contributed by atoms with Crippen LogP contribution in [0.5, 0.6) is 0 Å². The SMILES string of the molecule is CC(C)(C)NC1CCCC1NC(C)(C)C. The van der Waals surface area contributed by atoms with Crippen LogP contribution >= 0.6 is 0 Å². The van der Waals surface area contributed by atoms with Crippen molar-refractivity contribution >= 4 is 0 Å². The highest BCUT2D eigenvalue weighted by molar-refractivity contribution is 4.94. The topological polar surface area (TPSA) is 24.1 Å². The molecule has 0 aromatic rings. The first-order valence-electron chi connectivity index (χ1n) is 6.23. The predicted octanol–water partition coefficient (Wildman–Crippen LogP) is 2.68. The zero-order valence-electron chi connectivity index (χ0n) is 11.3. The van der Waals surface area contributed by atoms with Crippen LogP contribution in [-0.2, 0) is 0 Å². The Morgan fingerprint density at radius 2 is 1.07 bits per heavy atom. The molecule has 1 aliphatic carbocycles. The summed E-state index contributed by atoms with van der Waals surface area (Å²) in [6.07, 6.45) is 3.97. The summed E-state index contributed by atoms with van der Waals surface area (Å²) in [5.74, 6) is 0. The van der Waals surface area contributed by atoms with Gasteiger partial charge in [-0.1, -0.05) is 6.42 Å². The first-order valence-corrected chi connectivity index (χ1v) is 6.23. The van der Waals surface area contributed by atoms with Crippen LogP contribution < -0.4 is 10.6 Å². The Labute approximate surface area is 95.2 Å². The van der Waals surface area contributed by atoms with Gasteiger partial charge in [-0.25, -0.2) is 0 Å². The van der Waals surface area contributed by atoms with E-state index in [4.69, 9.17) is 0 Å². The van der Waals surface area contributed by atoms with E-state index in [1.807, 2.05) is 0 Å². The molecule has 0 aromatic heterocycles. The summed E-state index contributed by atoms with van der Waals surface area (Å²) in [5.41, 5.74) is 0.458. The molecule has 2 unspecified atom stereocenters. The molecule has 1 rings (SSSR count). The van der Waals surface area contributed by atoms with E-state index in [1.165, 1.54) is 19.3 Å². The number of nitrogens with one attached hydrogen (secondary N) is 2. The molecule has 0 spiro atoms. The van der Waals surface area contributed by atoms with Gasteiger partial charge in [0.05, 0.1) is 0 Å². The Bertz CT molecular complexity index is 176. The van der Waals surface area contributed by atoms with Crippen LogP contribution in [0.1, 0.15) is 60.8 Å². The Morgan fingerprint density at radius 3 is 1.33 bits per heavy atom. The summed E-state index contributed by atoms with van der Waals surface area (Å²) >= 11 is 0. The third-order valence-corrected chi connectivity index (χ3v) is 2.75. The predicted molar refractivity (Wildman–Crippen MR) is 67.2 cm³/mol. The van der Waals surface area contributed by atoms with E-state index in [1.54, 1.807) is 0 Å². The van der Waals surface area contributed by atoms with Crippen molar-refractivity contribution in [1.82, 2.24) is 10.6 Å². The summed E-state index contributed by atoms with van der Waals surface area (Å²) in [5, 5.41) is 7.46. The van der Waals surface area contributed by atoms with Crippen molar-refractivity contribution in [3.63, 3.8) is 0 Å². The molecule has 1 fully saturated rings. The first-order chi connectivity index (χ1) is 6.67. The Kier molecular flexibility index (Phi) is 3.83. The van der Waals surface area contributed by atoms with E-state index in [0.29, 0.717) is 12.1 Å². The van der Waals surface area contributed by atoms with E-state index in [-0.39, 0.29) is 11.1 Å². The van der Waals surface area contributed by atoms with Crippen LogP contribution in [0.3, 0.4) is 0 Å². The summed E-state index contributed by atoms with van der Waals surface area (Å²) in [4.78, 5) is 0. The van der Waals surface area contributed by atoms with E-state index < -0.39 is 0 Å². The van der Waals surface area contributed by atoms with Gasteiger partial charge in [-0.3, -0.25) is 0 Å². The quantitative estimate of drug-likeness (QED) is 0.735. The van der Waals surface area contributed by atoms with Gasteiger partial charge >= 0.3 is 0 Å². The van der Waals surface area contributed by atoms with Crippen molar-refractivity contribution in [3.8, 4) is 0 Å². The highest BCUT2D eigenvalue weighted by Gasteiger charge is 2.31. The average molecular weight is 212 g/mol. The molecule has 0 amide bonds. The van der Waals surface area contributed by atoms with Gasteiger partial charge in [0.2, 0.25) is 0 Å². The Hall–Kier alpha value is -0.0800. The molecular weight excluding hydrogens is 184 g/mol. The maximum atomic E-state index is 3.73. The average Bonchev–Trinajstić information content (AvgIpc) is 2.29. The molecule has 2 atom stereocenters. The van der Waals surface area contributed by atoms with Gasteiger partial charge < -0.3 is 10.6 Å². The van der Waals surface area contributed by atoms with Crippen molar-refractivity contribution in [2.75, 3.05) is 0 Å². The fourth-order valence-corrected chi connectivity index (χ4v) is 2.42. The van der Waals surface area contributed by atoms with Gasteiger partial charge in [0.1, 0.15) is 0 Å². The maximum absolute atomic E-state index is 3.73. The van der Waals surface area contributed by atoms with E-state index in [2.05, 4.69) is 52.2 Å². The van der Waals surface area contributed by atoms with Crippen LogP contribution in [0.2, 0.25) is 0 Å². The second kappa shape index (κ2) is 4.42. The fourth-order valence-electron chi connectivity index (χ4n) is 2.42. The molecule has 0 bridgehead atoms. The zero-order chi connectivity index (χ0) is 11.7. The highest BCUT2D eigenvalue weighted by Crippen LogP contribution is 2.23. The number of hydrogen-bond donors (Lipinski definition) is 2. The highest BCUT2D eigenvalue weighted by atomic mass is 15.1. The molecular formula is C13H28N2. The molecule has 0 aromatic carbocycles. The minimum absolute atomic E-state index is 0.229. The van der Waals surface area contributed by atoms with Gasteiger partial charge in [0.25, 0.3) is 0 Å². The van der Waals surface area contributed by atoms with Gasteiger partial charge in [-0.2, -0.15) is 0 Å². The minimum atomic E-state index is 0.229. The third kappa shape index (κ3) is 4.98. The van der Waals surface area contributed by atoms with Crippen LogP contribution in [-0.4, -0.2) is 23.2 Å². The molecule has 0 aliphatic heterocycles. The van der Waals surface area contributed by atoms with Crippen LogP contribution in [0.4, 0.5) is 0 Å². The maximum Gasteiger partial charge on any atom is 0.0226 e. The van der Waals surface area contributed by atoms with Gasteiger partial charge in [0, 0.05) is 23.2 Å². The lowest BCUT2D eigenvalue weighted by Gasteiger charge is -2.34. The Balaban J connectivity index is 2.50. The van der Waals surface area contributed by atoms with Crippen molar-refractivity contribution < 1.29 is 0 Å². The lowest BCUT2D eigenvalue weighted by molar-refractivity contribution is 0.277. The lowest BCUT2D eigenvalue weighted by Crippen LogP contribution is -2.55. The third-order valence-electron chi connectivity index (χ3n) is 2.75. The summed E-state index contributed by atoms with van der Waals surface area (Å²) in [7, 11) is 0. The van der Waals surface area contributed by atoms with Gasteiger partial charge in [-0.15, -0.1) is 0 Å². The molecule has 2 heteroatoms. The van der Waals surface area contributed by atoms with E-state index in [9.17, 15) is 0 Å². The molecule has 2 N–H and O–H groups in total. The van der Waals surface area contributed by atoms with Crippen molar-refractivity contribution in [2.45, 2.75) is 84.0 Å². The second-order valence-electron chi connectivity index (χ2n) is 6.93. The zero-order valence-corrected chi connectivity index (χ0v) is 11.3. The summed E-state index contributed by atoms with van der Waals surface area (Å²) in [6.45, 7) is 13.5. The second-order valence-corrected chi connectivity index (χ2v) is 6.93. The number of rotatable bonds is 2. The van der Waals surface area contributed by atoms with Crippen LogP contribution in [0.15, 0.2) is 0 Å². The lowest BCUT2D eigenvalue weighted by atomic mass is 10.0. The largest absolute Gasteiger partial charge is 0.308 e. The van der Waals surface area contributed by atoms with Crippen LogP contribution in [0, 0.1) is 0 Å². The molecule has 1 saturated carbocycles. The minimum Gasteiger partial charge on any atom is -0.308 e. The molecule has 0 heterocycles. The first kappa shape index (κ1) is 13.0. The van der Waals surface area contributed by atoms with Gasteiger partial charge in [-0.05, 0) is 54.4 Å². The van der Waals surface area contributed by atoms with E-state index >= 15 is 0 Å². The van der Waals surface area contributed by atoms with Crippen LogP contribution in [0.25, 0.3) is 0 Å². The molecule has 0 saturated heterocycles. The van der Waals surface area contributed by atoms with Crippen molar-refractivity contribution in [3.05, 3.63) is 0 Å². The molecule has 2 nitrogen and oxygen atoms in total. The standard InChI is InChI=1S/C13H28N2/c1-12(2,3)14-10-8-7-9-11(10)15-13(4,5)6/h10-11,14-15H,7-9H2,1-6H3. The molecule has 1 aliphatic rings. The molecule has 15 heavy (non-hydrogen) atoms. The molecule has 0 radical (unpaired) electrons. The summed E-state index contributed by atoms with van der Waals surface area (Å²) in [6, 6.07) is 1.29. The normalized spacial score (nSPS) is 28.4. The summed E-state index contributed by atoms with van der Waals surface area (Å²) < 4.78 is 0.